The Labute approximate surface area is 140 Å². The first-order chi connectivity index (χ1) is 9.58. The summed E-state index contributed by atoms with van der Waals surface area (Å²) < 4.78 is 5.15. The molecule has 1 atom stereocenters. The second-order valence-corrected chi connectivity index (χ2v) is 6.90. The Morgan fingerprint density at radius 1 is 1.19 bits per heavy atom. The molecule has 0 heterocycles. The van der Waals surface area contributed by atoms with E-state index in [0.717, 1.165) is 0 Å². The monoisotopic (exact) mass is 352 g/mol. The van der Waals surface area contributed by atoms with Crippen LogP contribution in [0, 0.1) is 0 Å². The maximum Gasteiger partial charge on any atom is 0.407 e. The van der Waals surface area contributed by atoms with Crippen LogP contribution in [-0.4, -0.2) is 24.3 Å². The Bertz CT molecular complexity index is 516. The molecule has 0 aliphatic heterocycles. The molecule has 0 bridgehead atoms. The largest absolute Gasteiger partial charge is 0.444 e. The summed E-state index contributed by atoms with van der Waals surface area (Å²) in [4.78, 5) is 11.6. The zero-order chi connectivity index (χ0) is 16.2. The van der Waals surface area contributed by atoms with E-state index in [4.69, 9.17) is 39.5 Å². The van der Waals surface area contributed by atoms with Gasteiger partial charge in [0.15, 0.2) is 0 Å². The lowest BCUT2D eigenvalue weighted by Crippen LogP contribution is -2.38. The first-order valence-corrected chi connectivity index (χ1v) is 7.60. The normalized spacial score (nSPS) is 12.7. The van der Waals surface area contributed by atoms with Gasteiger partial charge in [0.2, 0.25) is 0 Å². The number of carbonyl (C=O) groups excluding carboxylic acids is 1. The lowest BCUT2D eigenvalue weighted by molar-refractivity contribution is 0.0526. The highest BCUT2D eigenvalue weighted by Gasteiger charge is 2.16. The van der Waals surface area contributed by atoms with Gasteiger partial charge in [-0.3, -0.25) is 0 Å². The number of alkyl carbamates (subject to hydrolysis) is 1. The predicted molar refractivity (Wildman–Crippen MR) is 88.8 cm³/mol. The van der Waals surface area contributed by atoms with Crippen LogP contribution in [0.3, 0.4) is 0 Å². The fourth-order valence-electron chi connectivity index (χ4n) is 1.50. The molecule has 118 valence electrons. The number of rotatable bonds is 4. The first-order valence-electron chi connectivity index (χ1n) is 6.46. The molecular weight excluding hydrogens is 335 g/mol. The smallest absolute Gasteiger partial charge is 0.407 e. The molecule has 4 nitrogen and oxygen atoms in total. The molecule has 0 saturated carbocycles. The van der Waals surface area contributed by atoms with Crippen LogP contribution in [-0.2, 0) is 4.74 Å². The molecule has 0 spiro atoms. The van der Waals surface area contributed by atoms with Crippen molar-refractivity contribution in [2.24, 2.45) is 0 Å². The van der Waals surface area contributed by atoms with Crippen molar-refractivity contribution in [2.45, 2.75) is 39.3 Å². The molecule has 0 fully saturated rings. The summed E-state index contributed by atoms with van der Waals surface area (Å²) in [6, 6.07) is 3.16. The third-order valence-corrected chi connectivity index (χ3v) is 3.40. The van der Waals surface area contributed by atoms with Gasteiger partial charge in [-0.15, -0.1) is 0 Å². The minimum atomic E-state index is -0.520. The van der Waals surface area contributed by atoms with Crippen molar-refractivity contribution in [1.29, 1.82) is 0 Å². The second kappa shape index (κ2) is 7.43. The van der Waals surface area contributed by atoms with Gasteiger partial charge >= 0.3 is 6.09 Å². The minimum Gasteiger partial charge on any atom is -0.444 e. The predicted octanol–water partition coefficient (Wildman–Crippen LogP) is 4.97. The molecule has 7 heteroatoms. The number of hydrogen-bond acceptors (Lipinski definition) is 3. The van der Waals surface area contributed by atoms with E-state index in [1.807, 2.05) is 27.7 Å². The van der Waals surface area contributed by atoms with Gasteiger partial charge < -0.3 is 15.4 Å². The van der Waals surface area contributed by atoms with Crippen LogP contribution >= 0.6 is 34.8 Å². The van der Waals surface area contributed by atoms with E-state index in [2.05, 4.69) is 10.6 Å². The Balaban J connectivity index is 2.53. The summed E-state index contributed by atoms with van der Waals surface area (Å²) in [7, 11) is 0. The lowest BCUT2D eigenvalue weighted by Gasteiger charge is -2.21. The number of hydrogen-bond donors (Lipinski definition) is 2. The molecule has 0 saturated heterocycles. The van der Waals surface area contributed by atoms with Crippen LogP contribution in [0.2, 0.25) is 15.1 Å². The molecule has 0 aromatic heterocycles. The third kappa shape index (κ3) is 6.64. The number of nitrogens with one attached hydrogen (secondary N) is 2. The number of ether oxygens (including phenoxy) is 1. The van der Waals surface area contributed by atoms with Gasteiger partial charge in [0, 0.05) is 12.6 Å². The fourth-order valence-corrected chi connectivity index (χ4v) is 2.10. The van der Waals surface area contributed by atoms with Crippen LogP contribution in [0.5, 0.6) is 0 Å². The van der Waals surface area contributed by atoms with Crippen molar-refractivity contribution in [1.82, 2.24) is 5.32 Å². The zero-order valence-corrected chi connectivity index (χ0v) is 14.7. The summed E-state index contributed by atoms with van der Waals surface area (Å²) >= 11 is 17.9. The topological polar surface area (TPSA) is 50.4 Å². The van der Waals surface area contributed by atoms with E-state index < -0.39 is 11.7 Å². The average molecular weight is 354 g/mol. The van der Waals surface area contributed by atoms with Crippen LogP contribution in [0.1, 0.15) is 27.7 Å². The highest BCUT2D eigenvalue weighted by Crippen LogP contribution is 2.32. The lowest BCUT2D eigenvalue weighted by atomic mass is 10.2. The van der Waals surface area contributed by atoms with E-state index in [9.17, 15) is 4.79 Å². The maximum absolute atomic E-state index is 11.6. The van der Waals surface area contributed by atoms with Crippen molar-refractivity contribution in [3.8, 4) is 0 Å². The summed E-state index contributed by atoms with van der Waals surface area (Å²) in [5.74, 6) is 0. The van der Waals surface area contributed by atoms with Crippen LogP contribution in [0.25, 0.3) is 0 Å². The van der Waals surface area contributed by atoms with Gasteiger partial charge in [-0.1, -0.05) is 34.8 Å². The third-order valence-electron chi connectivity index (χ3n) is 2.36. The number of halogens is 3. The fraction of sp³-hybridized carbons (Fsp3) is 0.500. The number of amides is 1. The van der Waals surface area contributed by atoms with Crippen molar-refractivity contribution >= 4 is 46.6 Å². The minimum absolute atomic E-state index is 0.0627. The standard InChI is InChI=1S/C14H19Cl3N2O2/c1-8(7-18-13(20)21-14(2,3)4)19-12-6-10(16)9(15)5-11(12)17/h5-6,8,19H,7H2,1-4H3,(H,18,20). The van der Waals surface area contributed by atoms with Crippen LogP contribution < -0.4 is 10.6 Å². The number of anilines is 1. The van der Waals surface area contributed by atoms with Crippen LogP contribution in [0.4, 0.5) is 10.5 Å². The Kier molecular flexibility index (Phi) is 6.44. The average Bonchev–Trinajstić information content (AvgIpc) is 2.31. The molecule has 1 rings (SSSR count). The Morgan fingerprint density at radius 2 is 1.76 bits per heavy atom. The summed E-state index contributed by atoms with van der Waals surface area (Å²) in [6.45, 7) is 7.71. The molecule has 1 amide bonds. The van der Waals surface area contributed by atoms with Crippen molar-refractivity contribution in [3.05, 3.63) is 27.2 Å². The SMILES string of the molecule is CC(CNC(=O)OC(C)(C)C)Nc1cc(Cl)c(Cl)cc1Cl. The quantitative estimate of drug-likeness (QED) is 0.751. The molecule has 0 aliphatic carbocycles. The summed E-state index contributed by atoms with van der Waals surface area (Å²) in [6.07, 6.45) is -0.462. The van der Waals surface area contributed by atoms with Gasteiger partial charge in [-0.2, -0.15) is 0 Å². The van der Waals surface area contributed by atoms with Gasteiger partial charge in [-0.25, -0.2) is 4.79 Å². The second-order valence-electron chi connectivity index (χ2n) is 5.67. The van der Waals surface area contributed by atoms with Crippen molar-refractivity contribution < 1.29 is 9.53 Å². The Hall–Kier alpha value is -0.840. The zero-order valence-electron chi connectivity index (χ0n) is 12.4. The van der Waals surface area contributed by atoms with E-state index in [0.29, 0.717) is 27.3 Å². The van der Waals surface area contributed by atoms with E-state index in [-0.39, 0.29) is 6.04 Å². The molecule has 1 aromatic rings. The van der Waals surface area contributed by atoms with Gasteiger partial charge in [0.1, 0.15) is 5.60 Å². The highest BCUT2D eigenvalue weighted by molar-refractivity contribution is 6.44. The number of carbonyl (C=O) groups is 1. The van der Waals surface area contributed by atoms with Crippen molar-refractivity contribution in [2.75, 3.05) is 11.9 Å². The number of benzene rings is 1. The van der Waals surface area contributed by atoms with E-state index in [1.165, 1.54) is 0 Å². The van der Waals surface area contributed by atoms with Crippen molar-refractivity contribution in [3.63, 3.8) is 0 Å². The molecule has 1 unspecified atom stereocenters. The summed E-state index contributed by atoms with van der Waals surface area (Å²) in [5, 5.41) is 7.10. The molecule has 0 radical (unpaired) electrons. The summed E-state index contributed by atoms with van der Waals surface area (Å²) in [5.41, 5.74) is 0.137. The van der Waals surface area contributed by atoms with E-state index in [1.54, 1.807) is 12.1 Å². The van der Waals surface area contributed by atoms with Gasteiger partial charge in [0.25, 0.3) is 0 Å². The molecule has 1 aromatic carbocycles. The van der Waals surface area contributed by atoms with Gasteiger partial charge in [-0.05, 0) is 39.8 Å². The molecule has 0 aliphatic rings. The van der Waals surface area contributed by atoms with Gasteiger partial charge in [0.05, 0.1) is 20.8 Å². The van der Waals surface area contributed by atoms with E-state index >= 15 is 0 Å². The Morgan fingerprint density at radius 3 is 2.33 bits per heavy atom. The van der Waals surface area contributed by atoms with Crippen LogP contribution in [0.15, 0.2) is 12.1 Å². The molecule has 21 heavy (non-hydrogen) atoms. The molecular formula is C14H19Cl3N2O2. The molecule has 2 N–H and O–H groups in total. The highest BCUT2D eigenvalue weighted by atomic mass is 35.5. The maximum atomic E-state index is 11.6. The first kappa shape index (κ1) is 18.2.